The van der Waals surface area contributed by atoms with E-state index in [0.717, 1.165) is 12.2 Å². The Morgan fingerprint density at radius 1 is 1.25 bits per heavy atom. The summed E-state index contributed by atoms with van der Waals surface area (Å²) in [6, 6.07) is 15.1. The van der Waals surface area contributed by atoms with Gasteiger partial charge in [0.05, 0.1) is 5.56 Å². The highest BCUT2D eigenvalue weighted by molar-refractivity contribution is 5.94. The lowest BCUT2D eigenvalue weighted by atomic mass is 10.0. The average molecular weight is 270 g/mol. The van der Waals surface area contributed by atoms with Crippen LogP contribution in [0.15, 0.2) is 48.5 Å². The number of benzene rings is 2. The molecule has 0 heterocycles. The first-order valence-electron chi connectivity index (χ1n) is 6.49. The minimum atomic E-state index is -1.01. The molecular weight excluding hydrogens is 252 g/mol. The smallest absolute Gasteiger partial charge is 0.337 e. The third kappa shape index (κ3) is 3.29. The SMILES string of the molecule is CC(CNc1ccc(N)c(C(=O)O)c1)c1ccccc1. The quantitative estimate of drug-likeness (QED) is 0.729. The summed E-state index contributed by atoms with van der Waals surface area (Å²) in [7, 11) is 0. The Labute approximate surface area is 118 Å². The van der Waals surface area contributed by atoms with Crippen molar-refractivity contribution < 1.29 is 9.90 Å². The molecule has 0 aliphatic carbocycles. The Hall–Kier alpha value is -2.49. The largest absolute Gasteiger partial charge is 0.478 e. The molecule has 2 aromatic carbocycles. The van der Waals surface area contributed by atoms with Crippen LogP contribution >= 0.6 is 0 Å². The minimum Gasteiger partial charge on any atom is -0.478 e. The first-order chi connectivity index (χ1) is 9.58. The summed E-state index contributed by atoms with van der Waals surface area (Å²) in [5.41, 5.74) is 8.04. The van der Waals surface area contributed by atoms with Crippen LogP contribution in [0.4, 0.5) is 11.4 Å². The molecule has 0 saturated heterocycles. The molecule has 0 saturated carbocycles. The van der Waals surface area contributed by atoms with Gasteiger partial charge in [-0.25, -0.2) is 4.79 Å². The fraction of sp³-hybridized carbons (Fsp3) is 0.188. The number of anilines is 2. The maximum Gasteiger partial charge on any atom is 0.337 e. The van der Waals surface area contributed by atoms with E-state index >= 15 is 0 Å². The summed E-state index contributed by atoms with van der Waals surface area (Å²) in [5, 5.41) is 12.3. The molecule has 4 N–H and O–H groups in total. The van der Waals surface area contributed by atoms with E-state index in [0.29, 0.717) is 5.92 Å². The second kappa shape index (κ2) is 6.10. The molecule has 0 amide bonds. The van der Waals surface area contributed by atoms with Crippen LogP contribution in [0.1, 0.15) is 28.8 Å². The third-order valence-electron chi connectivity index (χ3n) is 3.26. The minimum absolute atomic E-state index is 0.127. The van der Waals surface area contributed by atoms with Crippen LogP contribution in [-0.4, -0.2) is 17.6 Å². The van der Waals surface area contributed by atoms with E-state index < -0.39 is 5.97 Å². The van der Waals surface area contributed by atoms with Crippen molar-refractivity contribution in [1.82, 2.24) is 0 Å². The van der Waals surface area contributed by atoms with Gasteiger partial charge in [-0.1, -0.05) is 37.3 Å². The van der Waals surface area contributed by atoms with Gasteiger partial charge in [0.25, 0.3) is 0 Å². The van der Waals surface area contributed by atoms with E-state index in [2.05, 4.69) is 24.4 Å². The van der Waals surface area contributed by atoms with Gasteiger partial charge >= 0.3 is 5.97 Å². The number of nitrogen functional groups attached to an aromatic ring is 1. The Morgan fingerprint density at radius 3 is 2.60 bits per heavy atom. The van der Waals surface area contributed by atoms with Crippen molar-refractivity contribution in [3.05, 3.63) is 59.7 Å². The third-order valence-corrected chi connectivity index (χ3v) is 3.26. The predicted molar refractivity (Wildman–Crippen MR) is 81.2 cm³/mol. The van der Waals surface area contributed by atoms with Crippen LogP contribution in [0.2, 0.25) is 0 Å². The Kier molecular flexibility index (Phi) is 4.25. The van der Waals surface area contributed by atoms with Crippen molar-refractivity contribution in [2.24, 2.45) is 0 Å². The van der Waals surface area contributed by atoms with Gasteiger partial charge in [-0.2, -0.15) is 0 Å². The topological polar surface area (TPSA) is 75.3 Å². The lowest BCUT2D eigenvalue weighted by molar-refractivity contribution is 0.0698. The van der Waals surface area contributed by atoms with Crippen molar-refractivity contribution in [1.29, 1.82) is 0 Å². The van der Waals surface area contributed by atoms with Gasteiger partial charge in [0.15, 0.2) is 0 Å². The van der Waals surface area contributed by atoms with Crippen LogP contribution < -0.4 is 11.1 Å². The highest BCUT2D eigenvalue weighted by Gasteiger charge is 2.09. The lowest BCUT2D eigenvalue weighted by Crippen LogP contribution is -2.11. The zero-order valence-corrected chi connectivity index (χ0v) is 11.3. The normalized spacial score (nSPS) is 11.8. The molecule has 20 heavy (non-hydrogen) atoms. The zero-order chi connectivity index (χ0) is 14.5. The summed E-state index contributed by atoms with van der Waals surface area (Å²) >= 11 is 0. The Bertz CT molecular complexity index is 597. The van der Waals surface area contributed by atoms with Gasteiger partial charge in [-0.3, -0.25) is 0 Å². The summed E-state index contributed by atoms with van der Waals surface area (Å²) in [5.74, 6) is -0.677. The maximum absolute atomic E-state index is 11.0. The Morgan fingerprint density at radius 2 is 1.95 bits per heavy atom. The van der Waals surface area contributed by atoms with Crippen LogP contribution in [0.5, 0.6) is 0 Å². The molecule has 104 valence electrons. The number of carbonyl (C=O) groups is 1. The first kappa shape index (κ1) is 13.9. The van der Waals surface area contributed by atoms with E-state index in [1.807, 2.05) is 18.2 Å². The summed E-state index contributed by atoms with van der Waals surface area (Å²) in [4.78, 5) is 11.0. The standard InChI is InChI=1S/C16H18N2O2/c1-11(12-5-3-2-4-6-12)10-18-13-7-8-15(17)14(9-13)16(19)20/h2-9,11,18H,10,17H2,1H3,(H,19,20). The molecule has 0 fully saturated rings. The molecule has 0 radical (unpaired) electrons. The number of carboxylic acids is 1. The van der Waals surface area contributed by atoms with E-state index in [1.165, 1.54) is 5.56 Å². The molecule has 4 heteroatoms. The molecule has 0 bridgehead atoms. The zero-order valence-electron chi connectivity index (χ0n) is 11.3. The molecule has 2 aromatic rings. The van der Waals surface area contributed by atoms with Gasteiger partial charge in [0.2, 0.25) is 0 Å². The van der Waals surface area contributed by atoms with Gasteiger partial charge in [-0.15, -0.1) is 0 Å². The van der Waals surface area contributed by atoms with Gasteiger partial charge in [0, 0.05) is 17.9 Å². The molecular formula is C16H18N2O2. The van der Waals surface area contributed by atoms with Gasteiger partial charge in [0.1, 0.15) is 0 Å². The monoisotopic (exact) mass is 270 g/mol. The highest BCUT2D eigenvalue weighted by Crippen LogP contribution is 2.20. The lowest BCUT2D eigenvalue weighted by Gasteiger charge is -2.14. The van der Waals surface area contributed by atoms with Crippen molar-refractivity contribution in [2.75, 3.05) is 17.6 Å². The number of hydrogen-bond acceptors (Lipinski definition) is 3. The van der Waals surface area contributed by atoms with Crippen molar-refractivity contribution in [3.8, 4) is 0 Å². The molecule has 1 atom stereocenters. The highest BCUT2D eigenvalue weighted by atomic mass is 16.4. The fourth-order valence-corrected chi connectivity index (χ4v) is 2.02. The van der Waals surface area contributed by atoms with Gasteiger partial charge < -0.3 is 16.2 Å². The molecule has 0 aromatic heterocycles. The van der Waals surface area contributed by atoms with Crippen LogP contribution in [-0.2, 0) is 0 Å². The molecule has 0 aliphatic rings. The molecule has 1 unspecified atom stereocenters. The van der Waals surface area contributed by atoms with Crippen molar-refractivity contribution in [2.45, 2.75) is 12.8 Å². The van der Waals surface area contributed by atoms with Crippen LogP contribution in [0.25, 0.3) is 0 Å². The molecule has 0 aliphatic heterocycles. The number of nitrogens with one attached hydrogen (secondary N) is 1. The molecule has 0 spiro atoms. The molecule has 4 nitrogen and oxygen atoms in total. The average Bonchev–Trinajstić information content (AvgIpc) is 2.46. The number of rotatable bonds is 5. The predicted octanol–water partition coefficient (Wildman–Crippen LogP) is 3.18. The fourth-order valence-electron chi connectivity index (χ4n) is 2.02. The maximum atomic E-state index is 11.0. The second-order valence-electron chi connectivity index (χ2n) is 4.80. The number of nitrogens with two attached hydrogens (primary N) is 1. The number of aromatic carboxylic acids is 1. The first-order valence-corrected chi connectivity index (χ1v) is 6.49. The van der Waals surface area contributed by atoms with Crippen molar-refractivity contribution >= 4 is 17.3 Å². The second-order valence-corrected chi connectivity index (χ2v) is 4.80. The van der Waals surface area contributed by atoms with E-state index in [9.17, 15) is 4.79 Å². The van der Waals surface area contributed by atoms with E-state index in [1.54, 1.807) is 18.2 Å². The summed E-state index contributed by atoms with van der Waals surface area (Å²) < 4.78 is 0. The van der Waals surface area contributed by atoms with E-state index in [4.69, 9.17) is 10.8 Å². The number of hydrogen-bond donors (Lipinski definition) is 3. The molecule has 2 rings (SSSR count). The van der Waals surface area contributed by atoms with Crippen LogP contribution in [0, 0.1) is 0 Å². The van der Waals surface area contributed by atoms with Crippen LogP contribution in [0.3, 0.4) is 0 Å². The summed E-state index contributed by atoms with van der Waals surface area (Å²) in [6.07, 6.45) is 0. The Balaban J connectivity index is 2.04. The summed E-state index contributed by atoms with van der Waals surface area (Å²) in [6.45, 7) is 2.85. The van der Waals surface area contributed by atoms with Gasteiger partial charge in [-0.05, 0) is 29.7 Å². The van der Waals surface area contributed by atoms with Crippen molar-refractivity contribution in [3.63, 3.8) is 0 Å². The number of carboxylic acid groups (broad SMARTS) is 1. The van der Waals surface area contributed by atoms with E-state index in [-0.39, 0.29) is 11.3 Å².